The fourth-order valence-electron chi connectivity index (χ4n) is 0.310. The molecule has 0 N–H and O–H groups in total. The Labute approximate surface area is 54.9 Å². The molecule has 0 amide bonds. The van der Waals surface area contributed by atoms with Gasteiger partial charge in [0.15, 0.2) is 0 Å². The molecule has 0 aromatic carbocycles. The molecule has 1 heterocycles. The van der Waals surface area contributed by atoms with Crippen molar-refractivity contribution in [1.82, 2.24) is 0 Å². The first-order valence-electron chi connectivity index (χ1n) is 2.35. The standard InChI is InChI=1S/C4H5NO.CH4S/c5-1-4-2-6-3-4;1-2/h4H,2-3H2;2H,1H3. The molecule has 1 aliphatic heterocycles. The summed E-state index contributed by atoms with van der Waals surface area (Å²) in [4.78, 5) is 0. The Kier molecular flexibility index (Phi) is 4.82. The molecule has 0 aliphatic carbocycles. The van der Waals surface area contributed by atoms with E-state index >= 15 is 0 Å². The Morgan fingerprint density at radius 2 is 2.12 bits per heavy atom. The number of ether oxygens (including phenoxy) is 1. The van der Waals surface area contributed by atoms with Crippen molar-refractivity contribution in [1.29, 1.82) is 5.26 Å². The number of hydrogen-bond donors (Lipinski definition) is 1. The maximum absolute atomic E-state index is 8.06. The fraction of sp³-hybridized carbons (Fsp3) is 0.800. The Morgan fingerprint density at radius 1 is 1.62 bits per heavy atom. The first kappa shape index (κ1) is 7.80. The minimum Gasteiger partial charge on any atom is -0.379 e. The van der Waals surface area contributed by atoms with Crippen molar-refractivity contribution in [2.45, 2.75) is 0 Å². The quantitative estimate of drug-likeness (QED) is 0.491. The van der Waals surface area contributed by atoms with Crippen LogP contribution in [-0.2, 0) is 4.74 Å². The van der Waals surface area contributed by atoms with E-state index in [9.17, 15) is 0 Å². The lowest BCUT2D eigenvalue weighted by Gasteiger charge is -2.17. The molecule has 46 valence electrons. The van der Waals surface area contributed by atoms with Gasteiger partial charge in [-0.05, 0) is 6.26 Å². The van der Waals surface area contributed by atoms with E-state index in [-0.39, 0.29) is 5.92 Å². The summed E-state index contributed by atoms with van der Waals surface area (Å²) in [5, 5.41) is 8.06. The van der Waals surface area contributed by atoms with Crippen LogP contribution < -0.4 is 0 Å². The van der Waals surface area contributed by atoms with E-state index in [0.717, 1.165) is 0 Å². The molecule has 1 saturated heterocycles. The Bertz CT molecular complexity index is 84.9. The molecule has 1 rings (SSSR count). The monoisotopic (exact) mass is 131 g/mol. The predicted octanol–water partition coefficient (Wildman–Crippen LogP) is 0.702. The van der Waals surface area contributed by atoms with Crippen molar-refractivity contribution < 1.29 is 4.74 Å². The van der Waals surface area contributed by atoms with Gasteiger partial charge in [0.05, 0.1) is 25.2 Å². The van der Waals surface area contributed by atoms with Crippen molar-refractivity contribution in [3.05, 3.63) is 0 Å². The molecule has 2 nitrogen and oxygen atoms in total. The first-order chi connectivity index (χ1) is 3.93. The average Bonchev–Trinajstić information content (AvgIpc) is 1.69. The highest BCUT2D eigenvalue weighted by atomic mass is 32.1. The Balaban J connectivity index is 0.000000222. The molecule has 0 aromatic heterocycles. The minimum absolute atomic E-state index is 0.199. The lowest BCUT2D eigenvalue weighted by atomic mass is 10.1. The highest BCUT2D eigenvalue weighted by Gasteiger charge is 2.15. The summed E-state index contributed by atoms with van der Waals surface area (Å²) in [6, 6.07) is 2.08. The molecule has 8 heavy (non-hydrogen) atoms. The SMILES string of the molecule is CS.N#CC1COC1. The molecule has 1 fully saturated rings. The normalized spacial score (nSPS) is 17.1. The number of hydrogen-bond acceptors (Lipinski definition) is 3. The largest absolute Gasteiger partial charge is 0.379 e. The van der Waals surface area contributed by atoms with Gasteiger partial charge in [-0.25, -0.2) is 0 Å². The number of rotatable bonds is 0. The van der Waals surface area contributed by atoms with Crippen LogP contribution >= 0.6 is 12.6 Å². The summed E-state index contributed by atoms with van der Waals surface area (Å²) in [6.07, 6.45) is 1.69. The van der Waals surface area contributed by atoms with Crippen LogP contribution in [0.15, 0.2) is 0 Å². The van der Waals surface area contributed by atoms with E-state index in [0.29, 0.717) is 13.2 Å². The molecule has 0 radical (unpaired) electrons. The van der Waals surface area contributed by atoms with Gasteiger partial charge >= 0.3 is 0 Å². The number of nitriles is 1. The molecule has 0 atom stereocenters. The molecular formula is C5H9NOS. The zero-order chi connectivity index (χ0) is 6.41. The fourth-order valence-corrected chi connectivity index (χ4v) is 0.310. The summed E-state index contributed by atoms with van der Waals surface area (Å²) in [5.41, 5.74) is 0. The summed E-state index contributed by atoms with van der Waals surface area (Å²) in [5.74, 6) is 0.199. The molecule has 0 aromatic rings. The van der Waals surface area contributed by atoms with E-state index in [1.165, 1.54) is 0 Å². The van der Waals surface area contributed by atoms with Crippen molar-refractivity contribution in [2.24, 2.45) is 5.92 Å². The molecule has 0 spiro atoms. The first-order valence-corrected chi connectivity index (χ1v) is 3.25. The Morgan fingerprint density at radius 3 is 2.12 bits per heavy atom. The zero-order valence-corrected chi connectivity index (χ0v) is 5.69. The summed E-state index contributed by atoms with van der Waals surface area (Å²) >= 11 is 3.53. The van der Waals surface area contributed by atoms with Crippen molar-refractivity contribution in [3.63, 3.8) is 0 Å². The molecule has 0 bridgehead atoms. The van der Waals surface area contributed by atoms with E-state index in [1.807, 2.05) is 0 Å². The van der Waals surface area contributed by atoms with Crippen LogP contribution in [0.3, 0.4) is 0 Å². The second-order valence-corrected chi connectivity index (χ2v) is 1.36. The van der Waals surface area contributed by atoms with Gasteiger partial charge in [0.1, 0.15) is 0 Å². The topological polar surface area (TPSA) is 33.0 Å². The lowest BCUT2D eigenvalue weighted by molar-refractivity contribution is -0.00394. The smallest absolute Gasteiger partial charge is 0.0930 e. The van der Waals surface area contributed by atoms with E-state index < -0.39 is 0 Å². The highest BCUT2D eigenvalue weighted by Crippen LogP contribution is 2.05. The molecule has 0 saturated carbocycles. The van der Waals surface area contributed by atoms with Crippen LogP contribution in [-0.4, -0.2) is 19.5 Å². The van der Waals surface area contributed by atoms with Crippen LogP contribution in [0.1, 0.15) is 0 Å². The molecule has 3 heteroatoms. The van der Waals surface area contributed by atoms with Gasteiger partial charge in [-0.15, -0.1) is 0 Å². The van der Waals surface area contributed by atoms with Gasteiger partial charge in [0.25, 0.3) is 0 Å². The van der Waals surface area contributed by atoms with Crippen LogP contribution in [0, 0.1) is 17.2 Å². The van der Waals surface area contributed by atoms with Gasteiger partial charge in [-0.2, -0.15) is 17.9 Å². The summed E-state index contributed by atoms with van der Waals surface area (Å²) in [7, 11) is 0. The average molecular weight is 131 g/mol. The second kappa shape index (κ2) is 4.95. The van der Waals surface area contributed by atoms with Crippen LogP contribution in [0.25, 0.3) is 0 Å². The van der Waals surface area contributed by atoms with Crippen molar-refractivity contribution >= 4 is 12.6 Å². The van der Waals surface area contributed by atoms with Crippen molar-refractivity contribution in [2.75, 3.05) is 19.5 Å². The molecule has 0 unspecified atom stereocenters. The van der Waals surface area contributed by atoms with Gasteiger partial charge < -0.3 is 4.74 Å². The minimum atomic E-state index is 0.199. The van der Waals surface area contributed by atoms with Gasteiger partial charge in [0.2, 0.25) is 0 Å². The third-order valence-corrected chi connectivity index (χ3v) is 0.821. The van der Waals surface area contributed by atoms with Gasteiger partial charge in [0, 0.05) is 0 Å². The maximum atomic E-state index is 8.06. The second-order valence-electron chi connectivity index (χ2n) is 1.36. The molecule has 1 aliphatic rings. The van der Waals surface area contributed by atoms with E-state index in [2.05, 4.69) is 18.7 Å². The summed E-state index contributed by atoms with van der Waals surface area (Å²) < 4.78 is 4.70. The molecular weight excluding hydrogens is 122 g/mol. The van der Waals surface area contributed by atoms with E-state index in [1.54, 1.807) is 6.26 Å². The van der Waals surface area contributed by atoms with Crippen molar-refractivity contribution in [3.8, 4) is 6.07 Å². The Hall–Kier alpha value is -0.200. The third kappa shape index (κ3) is 2.20. The van der Waals surface area contributed by atoms with Gasteiger partial charge in [-0.3, -0.25) is 0 Å². The van der Waals surface area contributed by atoms with Crippen LogP contribution in [0.5, 0.6) is 0 Å². The zero-order valence-electron chi connectivity index (χ0n) is 4.79. The van der Waals surface area contributed by atoms with Crippen LogP contribution in [0.4, 0.5) is 0 Å². The predicted molar refractivity (Wildman–Crippen MR) is 34.8 cm³/mol. The van der Waals surface area contributed by atoms with Gasteiger partial charge in [-0.1, -0.05) is 0 Å². The highest BCUT2D eigenvalue weighted by molar-refractivity contribution is 7.79. The lowest BCUT2D eigenvalue weighted by Crippen LogP contribution is -2.25. The number of nitrogens with zero attached hydrogens (tertiary/aromatic N) is 1. The maximum Gasteiger partial charge on any atom is 0.0930 e. The van der Waals surface area contributed by atoms with E-state index in [4.69, 9.17) is 10.00 Å². The summed E-state index contributed by atoms with van der Waals surface area (Å²) in [6.45, 7) is 1.30. The third-order valence-electron chi connectivity index (χ3n) is 0.821. The number of thiol groups is 1. The van der Waals surface area contributed by atoms with Crippen LogP contribution in [0.2, 0.25) is 0 Å².